The summed E-state index contributed by atoms with van der Waals surface area (Å²) < 4.78 is 6.94. The lowest BCUT2D eigenvalue weighted by Crippen LogP contribution is -2.11. The first-order valence-electron chi connectivity index (χ1n) is 7.40. The van der Waals surface area contributed by atoms with Gasteiger partial charge in [0.15, 0.2) is 0 Å². The smallest absolute Gasteiger partial charge is 0.254 e. The van der Waals surface area contributed by atoms with E-state index < -0.39 is 0 Å². The van der Waals surface area contributed by atoms with E-state index in [-0.39, 0.29) is 0 Å². The van der Waals surface area contributed by atoms with Crippen LogP contribution in [0.3, 0.4) is 0 Å². The summed E-state index contributed by atoms with van der Waals surface area (Å²) in [7, 11) is 0. The molecule has 0 aliphatic carbocycles. The third kappa shape index (κ3) is 2.54. The number of hydrogen-bond acceptors (Lipinski definition) is 6. The highest BCUT2D eigenvalue weighted by molar-refractivity contribution is 5.51. The number of fused-ring (bicyclic) bond motifs is 1. The van der Waals surface area contributed by atoms with Gasteiger partial charge in [-0.1, -0.05) is 5.16 Å². The Morgan fingerprint density at radius 3 is 2.73 bits per heavy atom. The minimum atomic E-state index is 0.622. The largest absolute Gasteiger partial charge is 0.370 e. The van der Waals surface area contributed by atoms with Gasteiger partial charge in [0.05, 0.1) is 5.69 Å². The van der Waals surface area contributed by atoms with Crippen molar-refractivity contribution in [2.24, 2.45) is 0 Å². The van der Waals surface area contributed by atoms with Crippen LogP contribution in [0.4, 0.5) is 5.82 Å². The number of nitrogens with zero attached hydrogens (tertiary/aromatic N) is 5. The molecule has 0 aromatic carbocycles. The van der Waals surface area contributed by atoms with Gasteiger partial charge in [-0.2, -0.15) is 14.6 Å². The SMILES string of the molecule is Cc1nc2ncnn2c(NCCCc2c(C)noc2C)c1C. The molecule has 0 unspecified atom stereocenters. The molecule has 7 heteroatoms. The van der Waals surface area contributed by atoms with Gasteiger partial charge in [0.25, 0.3) is 5.78 Å². The van der Waals surface area contributed by atoms with E-state index in [4.69, 9.17) is 4.52 Å². The molecule has 0 fully saturated rings. The number of rotatable bonds is 5. The van der Waals surface area contributed by atoms with Crippen molar-refractivity contribution in [3.8, 4) is 0 Å². The molecule has 22 heavy (non-hydrogen) atoms. The van der Waals surface area contributed by atoms with Gasteiger partial charge in [-0.25, -0.2) is 4.98 Å². The maximum absolute atomic E-state index is 5.19. The minimum Gasteiger partial charge on any atom is -0.370 e. The van der Waals surface area contributed by atoms with Crippen molar-refractivity contribution in [3.63, 3.8) is 0 Å². The molecule has 3 aromatic heterocycles. The molecule has 0 aliphatic rings. The number of nitrogens with one attached hydrogen (secondary N) is 1. The topological polar surface area (TPSA) is 81.1 Å². The average molecular weight is 300 g/mol. The molecule has 7 nitrogen and oxygen atoms in total. The molecule has 3 rings (SSSR count). The van der Waals surface area contributed by atoms with E-state index in [9.17, 15) is 0 Å². The third-order valence-corrected chi connectivity index (χ3v) is 3.98. The van der Waals surface area contributed by atoms with E-state index in [1.807, 2.05) is 27.7 Å². The Balaban J connectivity index is 1.69. The second-order valence-electron chi connectivity index (χ2n) is 5.48. The van der Waals surface area contributed by atoms with Crippen LogP contribution < -0.4 is 5.32 Å². The maximum Gasteiger partial charge on any atom is 0.254 e. The fourth-order valence-corrected chi connectivity index (χ4v) is 2.57. The highest BCUT2D eigenvalue weighted by atomic mass is 16.5. The van der Waals surface area contributed by atoms with Crippen molar-refractivity contribution in [1.82, 2.24) is 24.7 Å². The van der Waals surface area contributed by atoms with Crippen LogP contribution in [0, 0.1) is 27.7 Å². The van der Waals surface area contributed by atoms with Gasteiger partial charge in [-0.3, -0.25) is 0 Å². The van der Waals surface area contributed by atoms with Gasteiger partial charge in [-0.15, -0.1) is 0 Å². The number of aromatic nitrogens is 5. The van der Waals surface area contributed by atoms with Crippen LogP contribution in [0.2, 0.25) is 0 Å². The zero-order valence-corrected chi connectivity index (χ0v) is 13.3. The van der Waals surface area contributed by atoms with E-state index in [1.165, 1.54) is 11.9 Å². The number of anilines is 1. The fourth-order valence-electron chi connectivity index (χ4n) is 2.57. The molecular formula is C15H20N6O. The Morgan fingerprint density at radius 1 is 1.18 bits per heavy atom. The summed E-state index contributed by atoms with van der Waals surface area (Å²) in [6.45, 7) is 8.80. The lowest BCUT2D eigenvalue weighted by molar-refractivity contribution is 0.392. The zero-order chi connectivity index (χ0) is 15.7. The standard InChI is InChI=1S/C15H20N6O/c1-9-10(2)19-15-17-8-18-21(15)14(9)16-7-5-6-13-11(3)20-22-12(13)4/h8,16H,5-7H2,1-4H3. The lowest BCUT2D eigenvalue weighted by Gasteiger charge is -2.12. The van der Waals surface area contributed by atoms with Crippen molar-refractivity contribution in [2.75, 3.05) is 11.9 Å². The first kappa shape index (κ1) is 14.5. The second-order valence-corrected chi connectivity index (χ2v) is 5.48. The van der Waals surface area contributed by atoms with Gasteiger partial charge in [0, 0.05) is 23.4 Å². The van der Waals surface area contributed by atoms with Gasteiger partial charge >= 0.3 is 0 Å². The molecule has 0 spiro atoms. The fraction of sp³-hybridized carbons (Fsp3) is 0.467. The Morgan fingerprint density at radius 2 is 2.00 bits per heavy atom. The molecule has 1 N–H and O–H groups in total. The molecule has 0 aliphatic heterocycles. The normalized spacial score (nSPS) is 11.3. The van der Waals surface area contributed by atoms with Crippen LogP contribution in [0.5, 0.6) is 0 Å². The molecule has 0 atom stereocenters. The van der Waals surface area contributed by atoms with Gasteiger partial charge in [0.2, 0.25) is 0 Å². The maximum atomic E-state index is 5.19. The summed E-state index contributed by atoms with van der Waals surface area (Å²) >= 11 is 0. The van der Waals surface area contributed by atoms with E-state index in [2.05, 4.69) is 25.5 Å². The molecule has 0 amide bonds. The molecule has 0 bridgehead atoms. The van der Waals surface area contributed by atoms with Gasteiger partial charge < -0.3 is 9.84 Å². The predicted octanol–water partition coefficient (Wildman–Crippen LogP) is 2.39. The molecule has 3 aromatic rings. The van der Waals surface area contributed by atoms with Crippen molar-refractivity contribution in [2.45, 2.75) is 40.5 Å². The third-order valence-electron chi connectivity index (χ3n) is 3.98. The average Bonchev–Trinajstić information content (AvgIpc) is 3.07. The summed E-state index contributed by atoms with van der Waals surface area (Å²) in [5, 5.41) is 11.7. The van der Waals surface area contributed by atoms with E-state index in [0.717, 1.165) is 47.9 Å². The zero-order valence-electron chi connectivity index (χ0n) is 13.3. The first-order chi connectivity index (χ1) is 10.6. The molecule has 0 radical (unpaired) electrons. The van der Waals surface area contributed by atoms with Crippen molar-refractivity contribution in [1.29, 1.82) is 0 Å². The van der Waals surface area contributed by atoms with Crippen molar-refractivity contribution in [3.05, 3.63) is 34.6 Å². The lowest BCUT2D eigenvalue weighted by atomic mass is 10.1. The first-order valence-corrected chi connectivity index (χ1v) is 7.40. The van der Waals surface area contributed by atoms with E-state index in [1.54, 1.807) is 4.52 Å². The van der Waals surface area contributed by atoms with Gasteiger partial charge in [-0.05, 0) is 40.5 Å². The Bertz CT molecular complexity index is 784. The molecular weight excluding hydrogens is 280 g/mol. The van der Waals surface area contributed by atoms with Crippen LogP contribution in [-0.2, 0) is 6.42 Å². The van der Waals surface area contributed by atoms with Crippen LogP contribution in [0.15, 0.2) is 10.9 Å². The number of hydrogen-bond donors (Lipinski definition) is 1. The quantitative estimate of drug-likeness (QED) is 0.729. The molecule has 0 saturated heterocycles. The summed E-state index contributed by atoms with van der Waals surface area (Å²) in [6, 6.07) is 0. The van der Waals surface area contributed by atoms with Crippen LogP contribution >= 0.6 is 0 Å². The van der Waals surface area contributed by atoms with Crippen molar-refractivity contribution < 1.29 is 4.52 Å². The van der Waals surface area contributed by atoms with Crippen LogP contribution in [0.25, 0.3) is 5.78 Å². The molecule has 0 saturated carbocycles. The van der Waals surface area contributed by atoms with Gasteiger partial charge in [0.1, 0.15) is 17.9 Å². The second kappa shape index (κ2) is 5.75. The summed E-state index contributed by atoms with van der Waals surface area (Å²) in [5.74, 6) is 2.49. The monoisotopic (exact) mass is 300 g/mol. The highest BCUT2D eigenvalue weighted by Gasteiger charge is 2.11. The van der Waals surface area contributed by atoms with E-state index in [0.29, 0.717) is 5.78 Å². The number of aryl methyl sites for hydroxylation is 3. The highest BCUT2D eigenvalue weighted by Crippen LogP contribution is 2.18. The summed E-state index contributed by atoms with van der Waals surface area (Å²) in [6.07, 6.45) is 3.45. The molecule has 3 heterocycles. The van der Waals surface area contributed by atoms with Crippen molar-refractivity contribution >= 4 is 11.6 Å². The minimum absolute atomic E-state index is 0.622. The predicted molar refractivity (Wildman–Crippen MR) is 83.0 cm³/mol. The molecule has 116 valence electrons. The Kier molecular flexibility index (Phi) is 3.79. The van der Waals surface area contributed by atoms with E-state index >= 15 is 0 Å². The van der Waals surface area contributed by atoms with Crippen LogP contribution in [-0.4, -0.2) is 31.3 Å². The Labute approximate surface area is 128 Å². The van der Waals surface area contributed by atoms with Crippen LogP contribution in [0.1, 0.15) is 34.7 Å². The Hall–Kier alpha value is -2.44. The summed E-state index contributed by atoms with van der Waals surface area (Å²) in [4.78, 5) is 8.57. The summed E-state index contributed by atoms with van der Waals surface area (Å²) in [5.41, 5.74) is 4.24.